The van der Waals surface area contributed by atoms with Crippen LogP contribution in [-0.4, -0.2) is 79.8 Å². The van der Waals surface area contributed by atoms with Crippen LogP contribution >= 0.6 is 24.0 Å². The van der Waals surface area contributed by atoms with Crippen LogP contribution in [0.2, 0.25) is 0 Å². The number of hydrogen-bond acceptors (Lipinski definition) is 5. The summed E-state index contributed by atoms with van der Waals surface area (Å²) in [5.74, 6) is 0.822. The minimum Gasteiger partial charge on any atom is -0.378 e. The highest BCUT2D eigenvalue weighted by atomic mass is 127. The third-order valence-corrected chi connectivity index (χ3v) is 6.01. The number of aliphatic imine (C=N–C) groups is 1. The van der Waals surface area contributed by atoms with Crippen LogP contribution in [0.3, 0.4) is 0 Å². The van der Waals surface area contributed by atoms with Crippen molar-refractivity contribution in [3.63, 3.8) is 0 Å². The number of rotatable bonds is 8. The maximum Gasteiger partial charge on any atom is 0.216 e. The third kappa shape index (κ3) is 8.18. The second kappa shape index (κ2) is 12.6. The van der Waals surface area contributed by atoms with Crippen LogP contribution in [0, 0.1) is 0 Å². The van der Waals surface area contributed by atoms with Gasteiger partial charge in [-0.15, -0.1) is 24.0 Å². The minimum atomic E-state index is -3.28. The van der Waals surface area contributed by atoms with Gasteiger partial charge in [-0.3, -0.25) is 4.98 Å². The summed E-state index contributed by atoms with van der Waals surface area (Å²) < 4.78 is 31.8. The summed E-state index contributed by atoms with van der Waals surface area (Å²) >= 11 is 0. The first-order valence-corrected chi connectivity index (χ1v) is 11.1. The van der Waals surface area contributed by atoms with Gasteiger partial charge in [0.05, 0.1) is 30.7 Å². The number of nitrogens with one attached hydrogen (secondary N) is 1. The molecule has 160 valence electrons. The van der Waals surface area contributed by atoms with Gasteiger partial charge in [0.1, 0.15) is 0 Å². The fourth-order valence-electron chi connectivity index (χ4n) is 2.77. The number of guanidine groups is 1. The van der Waals surface area contributed by atoms with Gasteiger partial charge in [0, 0.05) is 38.9 Å². The van der Waals surface area contributed by atoms with Gasteiger partial charge in [-0.25, -0.2) is 13.4 Å². The van der Waals surface area contributed by atoms with Crippen molar-refractivity contribution in [3.05, 3.63) is 30.1 Å². The second-order valence-corrected chi connectivity index (χ2v) is 8.70. The zero-order valence-corrected chi connectivity index (χ0v) is 20.0. The van der Waals surface area contributed by atoms with E-state index in [1.165, 1.54) is 0 Å². The van der Waals surface area contributed by atoms with Gasteiger partial charge in [-0.2, -0.15) is 4.31 Å². The Morgan fingerprint density at radius 2 is 2.00 bits per heavy atom. The molecule has 1 aliphatic heterocycles. The molecule has 1 aromatic rings. The topological polar surface area (TPSA) is 87.1 Å². The Labute approximate surface area is 185 Å². The number of hydrogen-bond donors (Lipinski definition) is 1. The summed E-state index contributed by atoms with van der Waals surface area (Å²) in [5, 5.41) is 3.28. The molecule has 8 nitrogen and oxygen atoms in total. The predicted octanol–water partition coefficient (Wildman–Crippen LogP) is 1.54. The van der Waals surface area contributed by atoms with Crippen molar-refractivity contribution >= 4 is 40.0 Å². The van der Waals surface area contributed by atoms with Crippen LogP contribution in [0.1, 0.15) is 26.5 Å². The monoisotopic (exact) mass is 525 g/mol. The van der Waals surface area contributed by atoms with E-state index in [2.05, 4.69) is 20.2 Å². The molecular formula is C18H32IN5O3S. The van der Waals surface area contributed by atoms with E-state index in [-0.39, 0.29) is 42.4 Å². The average molecular weight is 525 g/mol. The number of ether oxygens (including phenoxy) is 1. The molecule has 1 N–H and O–H groups in total. The van der Waals surface area contributed by atoms with Gasteiger partial charge >= 0.3 is 0 Å². The Balaban J connectivity index is 0.00000392. The Bertz CT molecular complexity index is 692. The van der Waals surface area contributed by atoms with E-state index in [9.17, 15) is 8.42 Å². The van der Waals surface area contributed by atoms with Crippen LogP contribution in [0.25, 0.3) is 0 Å². The molecule has 0 spiro atoms. The molecule has 0 amide bonds. The van der Waals surface area contributed by atoms with Crippen LogP contribution in [0.15, 0.2) is 29.4 Å². The van der Waals surface area contributed by atoms with Gasteiger partial charge in [0.15, 0.2) is 5.96 Å². The van der Waals surface area contributed by atoms with E-state index in [1.807, 2.05) is 39.0 Å². The van der Waals surface area contributed by atoms with Crippen LogP contribution in [-0.2, 0) is 21.3 Å². The van der Waals surface area contributed by atoms with Crippen molar-refractivity contribution in [1.29, 1.82) is 0 Å². The lowest BCUT2D eigenvalue weighted by Gasteiger charge is -2.35. The van der Waals surface area contributed by atoms with Crippen molar-refractivity contribution in [2.45, 2.75) is 33.4 Å². The molecule has 10 heteroatoms. The second-order valence-electron chi connectivity index (χ2n) is 6.61. The highest BCUT2D eigenvalue weighted by Crippen LogP contribution is 2.09. The summed E-state index contributed by atoms with van der Waals surface area (Å²) in [6, 6.07) is 5.76. The maximum atomic E-state index is 12.5. The summed E-state index contributed by atoms with van der Waals surface area (Å²) in [5.41, 5.74) is 0.902. The highest BCUT2D eigenvalue weighted by Gasteiger charge is 2.28. The summed E-state index contributed by atoms with van der Waals surface area (Å²) in [4.78, 5) is 11.0. The van der Waals surface area contributed by atoms with E-state index in [4.69, 9.17) is 4.74 Å². The SMILES string of the molecule is CCNC(=NCc1ccccn1)N1CCN(S(=O)(=O)CCOC(C)C)CC1.I. The van der Waals surface area contributed by atoms with Gasteiger partial charge < -0.3 is 15.0 Å². The Morgan fingerprint density at radius 1 is 1.29 bits per heavy atom. The van der Waals surface area contributed by atoms with Crippen molar-refractivity contribution < 1.29 is 13.2 Å². The van der Waals surface area contributed by atoms with E-state index in [0.29, 0.717) is 32.7 Å². The standard InChI is InChI=1S/C18H31N5O3S.HI/c1-4-19-18(21-15-17-7-5-6-8-20-17)22-9-11-23(12-10-22)27(24,25)14-13-26-16(2)3;/h5-8,16H,4,9-15H2,1-3H3,(H,19,21);1H. The fraction of sp³-hybridized carbons (Fsp3) is 0.667. The predicted molar refractivity (Wildman–Crippen MR) is 122 cm³/mol. The molecule has 0 aromatic carbocycles. The lowest BCUT2D eigenvalue weighted by atomic mass is 10.3. The van der Waals surface area contributed by atoms with E-state index < -0.39 is 10.0 Å². The molecule has 0 unspecified atom stereocenters. The summed E-state index contributed by atoms with van der Waals surface area (Å²) in [7, 11) is -3.28. The van der Waals surface area contributed by atoms with Crippen LogP contribution < -0.4 is 5.32 Å². The number of nitrogens with zero attached hydrogens (tertiary/aromatic N) is 4. The smallest absolute Gasteiger partial charge is 0.216 e. The summed E-state index contributed by atoms with van der Waals surface area (Å²) in [6.45, 7) is 9.43. The number of aromatic nitrogens is 1. The van der Waals surface area contributed by atoms with Gasteiger partial charge in [-0.05, 0) is 32.9 Å². The van der Waals surface area contributed by atoms with Gasteiger partial charge in [0.2, 0.25) is 10.0 Å². The number of halogens is 1. The Morgan fingerprint density at radius 3 is 2.57 bits per heavy atom. The molecule has 1 aromatic heterocycles. The Kier molecular flexibility index (Phi) is 11.2. The molecule has 0 bridgehead atoms. The summed E-state index contributed by atoms with van der Waals surface area (Å²) in [6.07, 6.45) is 1.79. The molecule has 1 fully saturated rings. The van der Waals surface area contributed by atoms with Crippen molar-refractivity contribution in [2.24, 2.45) is 4.99 Å². The quantitative estimate of drug-likeness (QED) is 0.315. The zero-order valence-electron chi connectivity index (χ0n) is 16.9. The average Bonchev–Trinajstić information content (AvgIpc) is 2.65. The van der Waals surface area contributed by atoms with E-state index >= 15 is 0 Å². The molecule has 2 heterocycles. The molecule has 1 aliphatic rings. The minimum absolute atomic E-state index is 0. The van der Waals surface area contributed by atoms with E-state index in [0.717, 1.165) is 18.2 Å². The molecule has 0 saturated carbocycles. The van der Waals surface area contributed by atoms with Crippen LogP contribution in [0.5, 0.6) is 0 Å². The fourth-order valence-corrected chi connectivity index (χ4v) is 4.05. The van der Waals surface area contributed by atoms with Crippen molar-refractivity contribution in [3.8, 4) is 0 Å². The largest absolute Gasteiger partial charge is 0.378 e. The molecule has 28 heavy (non-hydrogen) atoms. The lowest BCUT2D eigenvalue weighted by Crippen LogP contribution is -2.54. The maximum absolute atomic E-state index is 12.5. The number of pyridine rings is 1. The molecule has 0 radical (unpaired) electrons. The lowest BCUT2D eigenvalue weighted by molar-refractivity contribution is 0.0904. The third-order valence-electron chi connectivity index (χ3n) is 4.18. The first-order valence-electron chi connectivity index (χ1n) is 9.45. The first kappa shape index (κ1) is 25.1. The molecule has 0 aliphatic carbocycles. The first-order chi connectivity index (χ1) is 12.9. The molecule has 0 atom stereocenters. The van der Waals surface area contributed by atoms with Crippen molar-refractivity contribution in [2.75, 3.05) is 45.1 Å². The zero-order chi connectivity index (χ0) is 19.7. The van der Waals surface area contributed by atoms with Crippen molar-refractivity contribution in [1.82, 2.24) is 19.5 Å². The molecule has 1 saturated heterocycles. The van der Waals surface area contributed by atoms with E-state index in [1.54, 1.807) is 10.5 Å². The normalized spacial score (nSPS) is 16.1. The molecular weight excluding hydrogens is 493 g/mol. The number of piperazine rings is 1. The Hall–Kier alpha value is -0.980. The highest BCUT2D eigenvalue weighted by molar-refractivity contribution is 14.0. The molecule has 2 rings (SSSR count). The van der Waals surface area contributed by atoms with Gasteiger partial charge in [0.25, 0.3) is 0 Å². The number of sulfonamides is 1. The van der Waals surface area contributed by atoms with Gasteiger partial charge in [-0.1, -0.05) is 6.07 Å². The van der Waals surface area contributed by atoms with Crippen LogP contribution in [0.4, 0.5) is 0 Å².